The Morgan fingerprint density at radius 3 is 2.62 bits per heavy atom. The third-order valence-electron chi connectivity index (χ3n) is 2.96. The summed E-state index contributed by atoms with van der Waals surface area (Å²) < 4.78 is 5.40. The van der Waals surface area contributed by atoms with Crippen molar-refractivity contribution in [3.63, 3.8) is 0 Å². The molecule has 5 heteroatoms. The molecule has 21 heavy (non-hydrogen) atoms. The van der Waals surface area contributed by atoms with Crippen LogP contribution in [-0.2, 0) is 6.42 Å². The van der Waals surface area contributed by atoms with Gasteiger partial charge in [-0.3, -0.25) is 4.99 Å². The number of halogens is 1. The van der Waals surface area contributed by atoms with Gasteiger partial charge in [-0.05, 0) is 38.3 Å². The van der Waals surface area contributed by atoms with E-state index in [0.29, 0.717) is 0 Å². The van der Waals surface area contributed by atoms with Crippen LogP contribution in [0.25, 0.3) is 0 Å². The van der Waals surface area contributed by atoms with Gasteiger partial charge in [-0.25, -0.2) is 0 Å². The highest BCUT2D eigenvalue weighted by molar-refractivity contribution is 14.0. The minimum Gasteiger partial charge on any atom is -0.496 e. The number of benzene rings is 1. The predicted octanol–water partition coefficient (Wildman–Crippen LogP) is 3.13. The number of aryl methyl sites for hydroxylation is 1. The van der Waals surface area contributed by atoms with Gasteiger partial charge in [-0.2, -0.15) is 0 Å². The van der Waals surface area contributed by atoms with Gasteiger partial charge in [0.25, 0.3) is 0 Å². The molecule has 0 amide bonds. The summed E-state index contributed by atoms with van der Waals surface area (Å²) in [5.41, 5.74) is 2.48. The lowest BCUT2D eigenvalue weighted by Crippen LogP contribution is -2.38. The molecule has 120 valence electrons. The summed E-state index contributed by atoms with van der Waals surface area (Å²) in [6, 6.07) is 6.28. The molecule has 0 saturated carbocycles. The lowest BCUT2D eigenvalue weighted by atomic mass is 10.1. The molecule has 2 N–H and O–H groups in total. The molecule has 0 aliphatic rings. The number of hydrogen-bond donors (Lipinski definition) is 2. The fraction of sp³-hybridized carbons (Fsp3) is 0.562. The van der Waals surface area contributed by atoms with Crippen molar-refractivity contribution in [1.82, 2.24) is 10.6 Å². The fourth-order valence-electron chi connectivity index (χ4n) is 1.98. The van der Waals surface area contributed by atoms with E-state index in [2.05, 4.69) is 48.5 Å². The molecule has 0 aliphatic heterocycles. The second-order valence-corrected chi connectivity index (χ2v) is 4.75. The number of ether oxygens (including phenoxy) is 1. The lowest BCUT2D eigenvalue weighted by Gasteiger charge is -2.13. The van der Waals surface area contributed by atoms with Crippen LogP contribution in [0.5, 0.6) is 5.75 Å². The molecule has 0 saturated heterocycles. The second kappa shape index (κ2) is 11.7. The molecule has 1 aromatic carbocycles. The van der Waals surface area contributed by atoms with Crippen molar-refractivity contribution in [3.05, 3.63) is 29.3 Å². The van der Waals surface area contributed by atoms with Crippen molar-refractivity contribution in [2.45, 2.75) is 33.6 Å². The number of nitrogens with zero attached hydrogens (tertiary/aromatic N) is 1. The van der Waals surface area contributed by atoms with Gasteiger partial charge < -0.3 is 15.4 Å². The Bertz CT molecular complexity index is 436. The average Bonchev–Trinajstić information content (AvgIpc) is 2.45. The summed E-state index contributed by atoms with van der Waals surface area (Å²) in [4.78, 5) is 4.49. The minimum atomic E-state index is 0. The number of aliphatic imine (C=N–C) groups is 1. The zero-order valence-corrected chi connectivity index (χ0v) is 15.9. The molecule has 1 aromatic rings. The number of hydrogen-bond acceptors (Lipinski definition) is 2. The van der Waals surface area contributed by atoms with Crippen LogP contribution in [0.4, 0.5) is 0 Å². The smallest absolute Gasteiger partial charge is 0.191 e. The molecule has 0 aromatic heterocycles. The van der Waals surface area contributed by atoms with Crippen LogP contribution in [0, 0.1) is 6.92 Å². The first-order chi connectivity index (χ1) is 9.71. The van der Waals surface area contributed by atoms with E-state index in [0.717, 1.165) is 44.2 Å². The van der Waals surface area contributed by atoms with E-state index in [1.807, 2.05) is 6.07 Å². The van der Waals surface area contributed by atoms with Crippen molar-refractivity contribution in [1.29, 1.82) is 0 Å². The maximum absolute atomic E-state index is 5.40. The van der Waals surface area contributed by atoms with Crippen molar-refractivity contribution in [2.75, 3.05) is 26.7 Å². The molecule has 0 atom stereocenters. The first-order valence-electron chi connectivity index (χ1n) is 7.37. The van der Waals surface area contributed by atoms with E-state index < -0.39 is 0 Å². The van der Waals surface area contributed by atoms with Gasteiger partial charge in [-0.15, -0.1) is 24.0 Å². The van der Waals surface area contributed by atoms with Gasteiger partial charge in [-0.1, -0.05) is 24.6 Å². The van der Waals surface area contributed by atoms with E-state index in [1.54, 1.807) is 7.11 Å². The van der Waals surface area contributed by atoms with Crippen LogP contribution in [0.15, 0.2) is 23.2 Å². The third-order valence-corrected chi connectivity index (χ3v) is 2.96. The number of nitrogens with one attached hydrogen (secondary N) is 2. The number of guanidine groups is 1. The van der Waals surface area contributed by atoms with Crippen molar-refractivity contribution < 1.29 is 4.74 Å². The normalized spacial score (nSPS) is 10.8. The summed E-state index contributed by atoms with van der Waals surface area (Å²) in [6.45, 7) is 8.88. The van der Waals surface area contributed by atoms with E-state index >= 15 is 0 Å². The van der Waals surface area contributed by atoms with Crippen LogP contribution >= 0.6 is 24.0 Å². The van der Waals surface area contributed by atoms with Gasteiger partial charge in [0.15, 0.2) is 5.96 Å². The van der Waals surface area contributed by atoms with Gasteiger partial charge in [0.2, 0.25) is 0 Å². The molecule has 0 heterocycles. The zero-order valence-electron chi connectivity index (χ0n) is 13.5. The molecule has 0 unspecified atom stereocenters. The fourth-order valence-corrected chi connectivity index (χ4v) is 1.98. The average molecular weight is 405 g/mol. The largest absolute Gasteiger partial charge is 0.496 e. The molecule has 0 aliphatic carbocycles. The molecule has 1 rings (SSSR count). The second-order valence-electron chi connectivity index (χ2n) is 4.75. The van der Waals surface area contributed by atoms with Crippen molar-refractivity contribution in [3.8, 4) is 5.75 Å². The lowest BCUT2D eigenvalue weighted by molar-refractivity contribution is 0.409. The summed E-state index contributed by atoms with van der Waals surface area (Å²) in [5, 5.41) is 6.61. The number of rotatable bonds is 7. The van der Waals surface area contributed by atoms with E-state index in [-0.39, 0.29) is 24.0 Å². The highest BCUT2D eigenvalue weighted by Crippen LogP contribution is 2.19. The van der Waals surface area contributed by atoms with Crippen LogP contribution < -0.4 is 15.4 Å². The standard InChI is InChI=1S/C16H27N3O.HI/c1-5-10-18-16(17-6-2)19-11-9-14-12-13(3)7-8-15(14)20-4;/h7-8,12H,5-6,9-11H2,1-4H3,(H2,17,18,19);1H. The highest BCUT2D eigenvalue weighted by atomic mass is 127. The Hall–Kier alpha value is -0.980. The van der Waals surface area contributed by atoms with Gasteiger partial charge in [0.05, 0.1) is 7.11 Å². The van der Waals surface area contributed by atoms with E-state index in [9.17, 15) is 0 Å². The van der Waals surface area contributed by atoms with Crippen LogP contribution in [0.2, 0.25) is 0 Å². The Labute approximate surface area is 145 Å². The van der Waals surface area contributed by atoms with Gasteiger partial charge >= 0.3 is 0 Å². The van der Waals surface area contributed by atoms with Gasteiger partial charge in [0.1, 0.15) is 5.75 Å². The molecular formula is C16H28IN3O. The van der Waals surface area contributed by atoms with Crippen molar-refractivity contribution in [2.24, 2.45) is 4.99 Å². The zero-order chi connectivity index (χ0) is 14.8. The predicted molar refractivity (Wildman–Crippen MR) is 101 cm³/mol. The maximum Gasteiger partial charge on any atom is 0.191 e. The topological polar surface area (TPSA) is 45.7 Å². The van der Waals surface area contributed by atoms with Crippen LogP contribution in [-0.4, -0.2) is 32.7 Å². The molecule has 0 spiro atoms. The monoisotopic (exact) mass is 405 g/mol. The molecule has 0 bridgehead atoms. The summed E-state index contributed by atoms with van der Waals surface area (Å²) in [5.74, 6) is 1.84. The quantitative estimate of drug-likeness (QED) is 0.416. The summed E-state index contributed by atoms with van der Waals surface area (Å²) in [6.07, 6.45) is 1.98. The first-order valence-corrected chi connectivity index (χ1v) is 7.37. The Balaban J connectivity index is 0.00000400. The SMILES string of the molecule is CCCN=C(NCC)NCCc1cc(C)ccc1OC.I. The van der Waals surface area contributed by atoms with E-state index in [1.165, 1.54) is 11.1 Å². The molecule has 0 fully saturated rings. The molecule has 4 nitrogen and oxygen atoms in total. The van der Waals surface area contributed by atoms with Crippen molar-refractivity contribution >= 4 is 29.9 Å². The van der Waals surface area contributed by atoms with Crippen LogP contribution in [0.1, 0.15) is 31.4 Å². The highest BCUT2D eigenvalue weighted by Gasteiger charge is 2.03. The van der Waals surface area contributed by atoms with Gasteiger partial charge in [0, 0.05) is 19.6 Å². The first kappa shape index (κ1) is 20.0. The summed E-state index contributed by atoms with van der Waals surface area (Å²) >= 11 is 0. The molecule has 0 radical (unpaired) electrons. The summed E-state index contributed by atoms with van der Waals surface area (Å²) in [7, 11) is 1.72. The minimum absolute atomic E-state index is 0. The Kier molecular flexibility index (Phi) is 11.1. The van der Waals surface area contributed by atoms with E-state index in [4.69, 9.17) is 4.74 Å². The Morgan fingerprint density at radius 1 is 1.24 bits per heavy atom. The molecular weight excluding hydrogens is 377 g/mol. The Morgan fingerprint density at radius 2 is 2.00 bits per heavy atom. The maximum atomic E-state index is 5.40. The van der Waals surface area contributed by atoms with Crippen LogP contribution in [0.3, 0.4) is 0 Å². The number of methoxy groups -OCH3 is 1. The third kappa shape index (κ3) is 7.55.